The van der Waals surface area contributed by atoms with Gasteiger partial charge in [-0.1, -0.05) is 31.5 Å². The summed E-state index contributed by atoms with van der Waals surface area (Å²) in [5.74, 6) is 1.33. The minimum atomic E-state index is -0.254. The molecule has 4 heterocycles. The summed E-state index contributed by atoms with van der Waals surface area (Å²) in [7, 11) is 0. The Hall–Kier alpha value is -3.48. The molecule has 10 heteroatoms. The summed E-state index contributed by atoms with van der Waals surface area (Å²) in [6.45, 7) is 4.08. The van der Waals surface area contributed by atoms with Gasteiger partial charge in [-0.25, -0.2) is 4.68 Å². The van der Waals surface area contributed by atoms with Gasteiger partial charge in [-0.2, -0.15) is 10.4 Å². The lowest BCUT2D eigenvalue weighted by Crippen LogP contribution is -2.28. The molecule has 0 amide bonds. The van der Waals surface area contributed by atoms with E-state index in [1.807, 2.05) is 30.4 Å². The van der Waals surface area contributed by atoms with Crippen LogP contribution in [0.25, 0.3) is 27.2 Å². The van der Waals surface area contributed by atoms with Crippen LogP contribution in [0.1, 0.15) is 37.0 Å². The first kappa shape index (κ1) is 19.5. The molecule has 0 fully saturated rings. The van der Waals surface area contributed by atoms with Crippen molar-refractivity contribution in [3.63, 3.8) is 0 Å². The minimum absolute atomic E-state index is 0.0412. The van der Waals surface area contributed by atoms with Gasteiger partial charge >= 0.3 is 0 Å². The maximum Gasteiger partial charge on any atom is 0.291 e. The van der Waals surface area contributed by atoms with Crippen LogP contribution in [0.5, 0.6) is 0 Å². The Balaban J connectivity index is 1.58. The molecule has 0 atom stereocenters. The maximum atomic E-state index is 13.1. The quantitative estimate of drug-likeness (QED) is 0.400. The van der Waals surface area contributed by atoms with Crippen LogP contribution < -0.4 is 5.56 Å². The zero-order chi connectivity index (χ0) is 21.7. The van der Waals surface area contributed by atoms with Gasteiger partial charge in [-0.15, -0.1) is 21.5 Å². The Morgan fingerprint density at radius 2 is 2.06 bits per heavy atom. The molecule has 0 radical (unpaired) electrons. The second kappa shape index (κ2) is 7.34. The first-order valence-corrected chi connectivity index (χ1v) is 10.7. The molecule has 0 N–H and O–H groups in total. The second-order valence-electron chi connectivity index (χ2n) is 7.33. The van der Waals surface area contributed by atoms with Crippen LogP contribution in [0.3, 0.4) is 0 Å². The second-order valence-corrected chi connectivity index (χ2v) is 9.05. The topological polar surface area (TPSA) is 102 Å². The first-order valence-electron chi connectivity index (χ1n) is 9.49. The van der Waals surface area contributed by atoms with Crippen LogP contribution in [0.15, 0.2) is 45.6 Å². The van der Waals surface area contributed by atoms with Crippen molar-refractivity contribution in [2.45, 2.75) is 26.3 Å². The van der Waals surface area contributed by atoms with E-state index in [1.54, 1.807) is 24.3 Å². The number of rotatable bonds is 4. The van der Waals surface area contributed by atoms with Crippen molar-refractivity contribution >= 4 is 38.7 Å². The lowest BCUT2D eigenvalue weighted by Gasteiger charge is -2.12. The summed E-state index contributed by atoms with van der Waals surface area (Å²) in [6, 6.07) is 12.7. The molecule has 5 aromatic rings. The highest BCUT2D eigenvalue weighted by molar-refractivity contribution is 7.22. The van der Waals surface area contributed by atoms with Crippen LogP contribution in [-0.4, -0.2) is 24.4 Å². The van der Waals surface area contributed by atoms with Gasteiger partial charge in [0, 0.05) is 11.5 Å². The molecule has 0 bridgehead atoms. The molecule has 4 aromatic heterocycles. The predicted molar refractivity (Wildman–Crippen MR) is 117 cm³/mol. The Labute approximate surface area is 184 Å². The molecule has 154 valence electrons. The number of aromatic nitrogens is 5. The molecule has 0 spiro atoms. The van der Waals surface area contributed by atoms with Crippen molar-refractivity contribution in [3.05, 3.63) is 68.4 Å². The van der Waals surface area contributed by atoms with Crippen molar-refractivity contribution < 1.29 is 4.42 Å². The third-order valence-corrected chi connectivity index (χ3v) is 6.07. The van der Waals surface area contributed by atoms with Crippen molar-refractivity contribution in [1.82, 2.24) is 24.4 Å². The van der Waals surface area contributed by atoms with Crippen LogP contribution in [0.2, 0.25) is 4.34 Å². The van der Waals surface area contributed by atoms with Crippen molar-refractivity contribution in [2.24, 2.45) is 0 Å². The molecular formula is C21H15ClN6O2S. The third-order valence-electron chi connectivity index (χ3n) is 4.87. The van der Waals surface area contributed by atoms with E-state index in [2.05, 4.69) is 21.4 Å². The Bertz CT molecular complexity index is 1550. The van der Waals surface area contributed by atoms with E-state index < -0.39 is 0 Å². The molecule has 0 aliphatic heterocycles. The van der Waals surface area contributed by atoms with E-state index in [0.29, 0.717) is 21.0 Å². The average Bonchev–Trinajstić information content (AvgIpc) is 3.44. The van der Waals surface area contributed by atoms with Crippen molar-refractivity contribution in [2.75, 3.05) is 0 Å². The van der Waals surface area contributed by atoms with Gasteiger partial charge in [0.1, 0.15) is 17.9 Å². The van der Waals surface area contributed by atoms with Gasteiger partial charge in [-0.3, -0.25) is 9.20 Å². The number of hydrogen-bond acceptors (Lipinski definition) is 7. The number of nitrogens with zero attached hydrogens (tertiary/aromatic N) is 6. The number of halogens is 1. The number of benzene rings is 1. The fraction of sp³-hybridized carbons (Fsp3) is 0.190. The number of fused-ring (bicyclic) bond motifs is 3. The number of hydrogen-bond donors (Lipinski definition) is 0. The van der Waals surface area contributed by atoms with Gasteiger partial charge < -0.3 is 4.42 Å². The van der Waals surface area contributed by atoms with Crippen LogP contribution in [0.4, 0.5) is 0 Å². The van der Waals surface area contributed by atoms with E-state index in [0.717, 1.165) is 16.0 Å². The minimum Gasteiger partial charge on any atom is -0.419 e. The van der Waals surface area contributed by atoms with E-state index in [4.69, 9.17) is 21.3 Å². The monoisotopic (exact) mass is 450 g/mol. The normalized spacial score (nSPS) is 11.6. The summed E-state index contributed by atoms with van der Waals surface area (Å²) in [5.41, 5.74) is 2.28. The predicted octanol–water partition coefficient (Wildman–Crippen LogP) is 4.46. The van der Waals surface area contributed by atoms with Crippen LogP contribution in [-0.2, 0) is 6.54 Å². The summed E-state index contributed by atoms with van der Waals surface area (Å²) in [6.07, 6.45) is 0. The summed E-state index contributed by atoms with van der Waals surface area (Å²) >= 11 is 7.59. The molecule has 5 rings (SSSR count). The highest BCUT2D eigenvalue weighted by atomic mass is 35.5. The molecule has 0 aliphatic rings. The van der Waals surface area contributed by atoms with Gasteiger partial charge in [0.25, 0.3) is 5.56 Å². The average molecular weight is 451 g/mol. The number of nitriles is 1. The van der Waals surface area contributed by atoms with E-state index >= 15 is 0 Å². The summed E-state index contributed by atoms with van der Waals surface area (Å²) in [5, 5.41) is 21.8. The van der Waals surface area contributed by atoms with Gasteiger partial charge in [-0.05, 0) is 30.3 Å². The highest BCUT2D eigenvalue weighted by Gasteiger charge is 2.19. The molecule has 0 saturated heterocycles. The van der Waals surface area contributed by atoms with E-state index in [1.165, 1.54) is 16.0 Å². The van der Waals surface area contributed by atoms with Gasteiger partial charge in [0.2, 0.25) is 11.8 Å². The van der Waals surface area contributed by atoms with Crippen molar-refractivity contribution in [1.29, 1.82) is 5.26 Å². The fourth-order valence-corrected chi connectivity index (χ4v) is 4.64. The molecule has 8 nitrogen and oxygen atoms in total. The SMILES string of the molecule is CC(C)c1nn(Cc2nnc(-c3cccc(C#N)c3)o2)c(=O)c2cc3sc(Cl)cc3n12. The zero-order valence-electron chi connectivity index (χ0n) is 16.5. The standard InChI is InChI=1S/C21H15ClN6O2S/c1-11(2)19-26-27(21(29)15-7-16-14(28(15)19)8-17(22)31-16)10-18-24-25-20(30-18)13-5-3-4-12(6-13)9-23/h3-8,11H,10H2,1-2H3. The number of thiophene rings is 1. The fourth-order valence-electron chi connectivity index (χ4n) is 3.48. The lowest BCUT2D eigenvalue weighted by atomic mass is 10.1. The molecule has 1 aromatic carbocycles. The van der Waals surface area contributed by atoms with E-state index in [-0.39, 0.29) is 29.8 Å². The van der Waals surface area contributed by atoms with E-state index in [9.17, 15) is 4.79 Å². The van der Waals surface area contributed by atoms with Crippen LogP contribution >= 0.6 is 22.9 Å². The van der Waals surface area contributed by atoms with Gasteiger partial charge in [0.05, 0.1) is 26.2 Å². The van der Waals surface area contributed by atoms with Gasteiger partial charge in [0.15, 0.2) is 0 Å². The smallest absolute Gasteiger partial charge is 0.291 e. The Kier molecular flexibility index (Phi) is 4.61. The highest BCUT2D eigenvalue weighted by Crippen LogP contribution is 2.32. The molecular weight excluding hydrogens is 436 g/mol. The van der Waals surface area contributed by atoms with Crippen molar-refractivity contribution in [3.8, 4) is 17.5 Å². The molecule has 0 saturated carbocycles. The summed E-state index contributed by atoms with van der Waals surface area (Å²) < 4.78 is 10.6. The molecule has 0 aliphatic carbocycles. The molecule has 0 unspecified atom stereocenters. The molecule has 31 heavy (non-hydrogen) atoms. The largest absolute Gasteiger partial charge is 0.419 e. The Morgan fingerprint density at radius 1 is 1.23 bits per heavy atom. The lowest BCUT2D eigenvalue weighted by molar-refractivity contribution is 0.458. The third kappa shape index (κ3) is 3.30. The summed E-state index contributed by atoms with van der Waals surface area (Å²) in [4.78, 5) is 13.1. The van der Waals surface area contributed by atoms with Crippen LogP contribution in [0, 0.1) is 11.3 Å². The maximum absolute atomic E-state index is 13.1. The zero-order valence-corrected chi connectivity index (χ0v) is 18.1. The first-order chi connectivity index (χ1) is 14.9. The Morgan fingerprint density at radius 3 is 2.84 bits per heavy atom.